The number of aromatic amines is 1. The van der Waals surface area contributed by atoms with Gasteiger partial charge in [0.2, 0.25) is 0 Å². The van der Waals surface area contributed by atoms with E-state index in [1.165, 1.54) is 0 Å². The molecule has 2 heterocycles. The molecule has 0 bridgehead atoms. The first kappa shape index (κ1) is 22.8. The Balaban J connectivity index is 1.60. The number of carbonyl (C=O) groups excluding carboxylic acids is 1. The minimum Gasteiger partial charge on any atom is -0.497 e. The first-order valence-electron chi connectivity index (χ1n) is 10.7. The van der Waals surface area contributed by atoms with E-state index in [0.717, 1.165) is 5.56 Å². The first-order valence-corrected chi connectivity index (χ1v) is 10.7. The SMILES string of the molecule is COc1ccc(-c2nc3n[nH]c(C)c3c(CCNC(=O)OCc3ccccc3)c2C(=O)O)cc1. The fourth-order valence-corrected chi connectivity index (χ4v) is 3.79. The molecule has 2 aromatic heterocycles. The number of carbonyl (C=O) groups is 2. The van der Waals surface area contributed by atoms with E-state index < -0.39 is 12.1 Å². The summed E-state index contributed by atoms with van der Waals surface area (Å²) in [4.78, 5) is 29.1. The number of nitrogens with zero attached hydrogens (tertiary/aromatic N) is 2. The number of methoxy groups -OCH3 is 1. The molecule has 1 amide bonds. The van der Waals surface area contributed by atoms with Crippen LogP contribution in [0.1, 0.15) is 27.2 Å². The van der Waals surface area contributed by atoms with E-state index in [9.17, 15) is 14.7 Å². The molecule has 0 spiro atoms. The normalized spacial score (nSPS) is 10.8. The van der Waals surface area contributed by atoms with Crippen molar-refractivity contribution in [3.05, 3.63) is 77.0 Å². The second-order valence-corrected chi connectivity index (χ2v) is 7.63. The predicted octanol–water partition coefficient (Wildman–Crippen LogP) is 4.11. The molecule has 0 fully saturated rings. The van der Waals surface area contributed by atoms with E-state index in [4.69, 9.17) is 9.47 Å². The number of aromatic nitrogens is 3. The topological polar surface area (TPSA) is 126 Å². The quantitative estimate of drug-likeness (QED) is 0.361. The minimum absolute atomic E-state index is 0.0709. The number of hydrogen-bond donors (Lipinski definition) is 3. The van der Waals surface area contributed by atoms with E-state index in [-0.39, 0.29) is 25.1 Å². The van der Waals surface area contributed by atoms with Gasteiger partial charge in [-0.3, -0.25) is 5.10 Å². The van der Waals surface area contributed by atoms with E-state index in [1.807, 2.05) is 30.3 Å². The maximum absolute atomic E-state index is 12.4. The van der Waals surface area contributed by atoms with Crippen LogP contribution in [0.5, 0.6) is 5.75 Å². The Morgan fingerprint density at radius 3 is 2.50 bits per heavy atom. The molecule has 0 aliphatic heterocycles. The average molecular weight is 460 g/mol. The molecule has 0 saturated heterocycles. The van der Waals surface area contributed by atoms with Crippen molar-refractivity contribution in [3.8, 4) is 17.0 Å². The van der Waals surface area contributed by atoms with Crippen molar-refractivity contribution in [1.82, 2.24) is 20.5 Å². The van der Waals surface area contributed by atoms with Gasteiger partial charge in [-0.1, -0.05) is 30.3 Å². The predicted molar refractivity (Wildman–Crippen MR) is 126 cm³/mol. The van der Waals surface area contributed by atoms with Gasteiger partial charge in [0.25, 0.3) is 0 Å². The van der Waals surface area contributed by atoms with E-state index in [1.54, 1.807) is 38.3 Å². The largest absolute Gasteiger partial charge is 0.497 e. The standard InChI is InChI=1S/C25H24N4O5/c1-15-20-19(12-13-26-25(32)34-14-16-6-4-3-5-7-16)21(24(30)31)22(27-23(20)29-28-15)17-8-10-18(33-2)11-9-17/h3-11H,12-14H2,1-2H3,(H,26,32)(H,30,31)(H,27,28,29). The van der Waals surface area contributed by atoms with Crippen molar-refractivity contribution in [2.45, 2.75) is 20.0 Å². The molecular formula is C25H24N4O5. The second kappa shape index (κ2) is 10.0. The Kier molecular flexibility index (Phi) is 6.72. The van der Waals surface area contributed by atoms with Crippen molar-refractivity contribution < 1.29 is 24.2 Å². The van der Waals surface area contributed by atoms with E-state index in [0.29, 0.717) is 39.3 Å². The van der Waals surface area contributed by atoms with Crippen LogP contribution >= 0.6 is 0 Å². The summed E-state index contributed by atoms with van der Waals surface area (Å²) in [6, 6.07) is 16.3. The fraction of sp³-hybridized carbons (Fsp3) is 0.200. The fourth-order valence-electron chi connectivity index (χ4n) is 3.79. The van der Waals surface area contributed by atoms with Crippen LogP contribution in [-0.2, 0) is 17.8 Å². The summed E-state index contributed by atoms with van der Waals surface area (Å²) < 4.78 is 10.4. The second-order valence-electron chi connectivity index (χ2n) is 7.63. The van der Waals surface area contributed by atoms with Gasteiger partial charge in [-0.15, -0.1) is 0 Å². The Bertz CT molecular complexity index is 1320. The molecule has 3 N–H and O–H groups in total. The lowest BCUT2D eigenvalue weighted by molar-refractivity contribution is 0.0696. The summed E-state index contributed by atoms with van der Waals surface area (Å²) >= 11 is 0. The number of carboxylic acid groups (broad SMARTS) is 1. The van der Waals surface area contributed by atoms with Crippen LogP contribution in [0.25, 0.3) is 22.3 Å². The number of aromatic carboxylic acids is 1. The van der Waals surface area contributed by atoms with Crippen molar-refractivity contribution in [1.29, 1.82) is 0 Å². The third-order valence-corrected chi connectivity index (χ3v) is 5.42. The zero-order valence-corrected chi connectivity index (χ0v) is 18.8. The summed E-state index contributed by atoms with van der Waals surface area (Å²) in [6.45, 7) is 2.13. The molecule has 0 radical (unpaired) electrons. The van der Waals surface area contributed by atoms with Gasteiger partial charge < -0.3 is 19.9 Å². The highest BCUT2D eigenvalue weighted by atomic mass is 16.5. The van der Waals surface area contributed by atoms with Gasteiger partial charge in [-0.2, -0.15) is 5.10 Å². The summed E-state index contributed by atoms with van der Waals surface area (Å²) in [7, 11) is 1.56. The van der Waals surface area contributed by atoms with Gasteiger partial charge in [-0.05, 0) is 48.7 Å². The number of alkyl carbamates (subject to hydrolysis) is 1. The Morgan fingerprint density at radius 1 is 1.09 bits per heavy atom. The summed E-state index contributed by atoms with van der Waals surface area (Å²) in [5, 5.41) is 20.6. The minimum atomic E-state index is -1.11. The van der Waals surface area contributed by atoms with Crippen LogP contribution in [0.4, 0.5) is 4.79 Å². The number of carboxylic acids is 1. The Morgan fingerprint density at radius 2 is 1.82 bits per heavy atom. The molecule has 2 aromatic carbocycles. The molecular weight excluding hydrogens is 436 g/mol. The van der Waals surface area contributed by atoms with Crippen molar-refractivity contribution in [3.63, 3.8) is 0 Å². The molecule has 9 heteroatoms. The lowest BCUT2D eigenvalue weighted by Crippen LogP contribution is -2.27. The van der Waals surface area contributed by atoms with Crippen LogP contribution in [0.2, 0.25) is 0 Å². The molecule has 0 unspecified atom stereocenters. The zero-order valence-electron chi connectivity index (χ0n) is 18.8. The van der Waals surface area contributed by atoms with Gasteiger partial charge >= 0.3 is 12.1 Å². The summed E-state index contributed by atoms with van der Waals surface area (Å²) in [5.41, 5.74) is 3.52. The number of ether oxygens (including phenoxy) is 2. The van der Waals surface area contributed by atoms with Crippen molar-refractivity contribution >= 4 is 23.1 Å². The van der Waals surface area contributed by atoms with Crippen LogP contribution in [0, 0.1) is 6.92 Å². The van der Waals surface area contributed by atoms with Crippen LogP contribution in [-0.4, -0.2) is 46.0 Å². The highest BCUT2D eigenvalue weighted by molar-refractivity contribution is 6.02. The highest BCUT2D eigenvalue weighted by Gasteiger charge is 2.24. The molecule has 4 aromatic rings. The maximum atomic E-state index is 12.4. The zero-order chi connectivity index (χ0) is 24.1. The van der Waals surface area contributed by atoms with Gasteiger partial charge in [-0.25, -0.2) is 14.6 Å². The summed E-state index contributed by atoms with van der Waals surface area (Å²) in [6.07, 6.45) is -0.324. The molecule has 34 heavy (non-hydrogen) atoms. The molecule has 0 aliphatic carbocycles. The lowest BCUT2D eigenvalue weighted by Gasteiger charge is -2.14. The number of amides is 1. The number of fused-ring (bicyclic) bond motifs is 1. The molecule has 4 rings (SSSR count). The van der Waals surface area contributed by atoms with Crippen LogP contribution in [0.3, 0.4) is 0 Å². The van der Waals surface area contributed by atoms with Gasteiger partial charge in [0.15, 0.2) is 5.65 Å². The number of nitrogens with one attached hydrogen (secondary N) is 2. The van der Waals surface area contributed by atoms with Gasteiger partial charge in [0, 0.05) is 23.2 Å². The van der Waals surface area contributed by atoms with Crippen molar-refractivity contribution in [2.75, 3.05) is 13.7 Å². The van der Waals surface area contributed by atoms with Crippen LogP contribution in [0.15, 0.2) is 54.6 Å². The molecule has 0 atom stereocenters. The maximum Gasteiger partial charge on any atom is 0.407 e. The number of H-pyrrole nitrogens is 1. The molecule has 9 nitrogen and oxygen atoms in total. The van der Waals surface area contributed by atoms with E-state index in [2.05, 4.69) is 20.5 Å². The molecule has 174 valence electrons. The Labute approximate surface area is 195 Å². The molecule has 0 saturated carbocycles. The summed E-state index contributed by atoms with van der Waals surface area (Å²) in [5.74, 6) is -0.460. The van der Waals surface area contributed by atoms with Gasteiger partial charge in [0.05, 0.1) is 18.4 Å². The number of benzene rings is 2. The number of hydrogen-bond acceptors (Lipinski definition) is 6. The van der Waals surface area contributed by atoms with E-state index >= 15 is 0 Å². The van der Waals surface area contributed by atoms with Crippen LogP contribution < -0.4 is 10.1 Å². The number of rotatable bonds is 8. The average Bonchev–Trinajstić information content (AvgIpc) is 3.23. The number of pyridine rings is 1. The lowest BCUT2D eigenvalue weighted by atomic mass is 9.95. The van der Waals surface area contributed by atoms with Gasteiger partial charge in [0.1, 0.15) is 12.4 Å². The molecule has 0 aliphatic rings. The number of aryl methyl sites for hydroxylation is 1. The van der Waals surface area contributed by atoms with Crippen molar-refractivity contribution in [2.24, 2.45) is 0 Å². The monoisotopic (exact) mass is 460 g/mol. The Hall–Kier alpha value is -4.40. The first-order chi connectivity index (χ1) is 16.5. The third-order valence-electron chi connectivity index (χ3n) is 5.42. The highest BCUT2D eigenvalue weighted by Crippen LogP contribution is 2.32. The third kappa shape index (κ3) is 4.83. The smallest absolute Gasteiger partial charge is 0.407 e.